The van der Waals surface area contributed by atoms with E-state index in [0.29, 0.717) is 17.4 Å². The molecule has 170 valence electrons. The monoisotopic (exact) mass is 460 g/mol. The number of nitrogens with zero attached hydrogens (tertiary/aromatic N) is 1. The van der Waals surface area contributed by atoms with Gasteiger partial charge in [-0.1, -0.05) is 80.9 Å². The summed E-state index contributed by atoms with van der Waals surface area (Å²) in [6.45, 7) is 6.44. The lowest BCUT2D eigenvalue weighted by Gasteiger charge is -2.19. The zero-order chi connectivity index (χ0) is 23.8. The van der Waals surface area contributed by atoms with Gasteiger partial charge in [0.2, 0.25) is 0 Å². The lowest BCUT2D eigenvalue weighted by atomic mass is 9.86. The van der Waals surface area contributed by atoms with Gasteiger partial charge in [-0.25, -0.2) is 4.79 Å². The average molecular weight is 461 g/mol. The summed E-state index contributed by atoms with van der Waals surface area (Å²) in [6, 6.07) is 14.2. The molecule has 0 atom stereocenters. The van der Waals surface area contributed by atoms with Crippen molar-refractivity contribution in [2.75, 3.05) is 0 Å². The molecule has 0 fully saturated rings. The molecule has 3 aromatic rings. The second kappa shape index (κ2) is 11.5. The van der Waals surface area contributed by atoms with E-state index < -0.39 is 5.97 Å². The van der Waals surface area contributed by atoms with Crippen molar-refractivity contribution in [3.05, 3.63) is 101 Å². The summed E-state index contributed by atoms with van der Waals surface area (Å²) in [5.74, 6) is -0.626. The molecule has 0 spiro atoms. The number of H-pyrrole nitrogens is 1. The number of hydrogen-bond acceptors (Lipinski definition) is 2. The first kappa shape index (κ1) is 24.3. The highest BCUT2D eigenvalue weighted by molar-refractivity contribution is 6.32. The van der Waals surface area contributed by atoms with Gasteiger partial charge in [0.25, 0.3) is 0 Å². The minimum Gasteiger partial charge on any atom is -0.478 e. The number of halogens is 1. The first-order valence-corrected chi connectivity index (χ1v) is 11.5. The number of aromatic nitrogens is 2. The van der Waals surface area contributed by atoms with Crippen LogP contribution in [0.2, 0.25) is 5.02 Å². The summed E-state index contributed by atoms with van der Waals surface area (Å²) >= 11 is 6.64. The molecule has 0 radical (unpaired) electrons. The van der Waals surface area contributed by atoms with E-state index >= 15 is 0 Å². The number of carbonyl (C=O) groups is 1. The van der Waals surface area contributed by atoms with Gasteiger partial charge in [-0.15, -0.1) is 0 Å². The van der Waals surface area contributed by atoms with Gasteiger partial charge in [-0.2, -0.15) is 5.10 Å². The number of aromatic amines is 1. The molecule has 3 rings (SSSR count). The van der Waals surface area contributed by atoms with Crippen LogP contribution in [0, 0.1) is 5.92 Å². The minimum atomic E-state index is -0.942. The van der Waals surface area contributed by atoms with Gasteiger partial charge in [0, 0.05) is 16.5 Å². The van der Waals surface area contributed by atoms with Crippen LogP contribution in [0.5, 0.6) is 0 Å². The smallest absolute Gasteiger partial charge is 0.327 e. The summed E-state index contributed by atoms with van der Waals surface area (Å²) in [5, 5.41) is 17.8. The van der Waals surface area contributed by atoms with Crippen molar-refractivity contribution >= 4 is 39.6 Å². The second-order valence-corrected chi connectivity index (χ2v) is 8.51. The Labute approximate surface area is 200 Å². The predicted molar refractivity (Wildman–Crippen MR) is 138 cm³/mol. The fourth-order valence-electron chi connectivity index (χ4n) is 3.84. The van der Waals surface area contributed by atoms with Gasteiger partial charge in [-0.05, 0) is 64.8 Å². The van der Waals surface area contributed by atoms with Crippen LogP contribution in [-0.4, -0.2) is 21.3 Å². The lowest BCUT2D eigenvalue weighted by Crippen LogP contribution is -1.98. The van der Waals surface area contributed by atoms with Crippen LogP contribution in [0.1, 0.15) is 44.7 Å². The summed E-state index contributed by atoms with van der Waals surface area (Å²) in [4.78, 5) is 10.8. The van der Waals surface area contributed by atoms with Gasteiger partial charge in [0.15, 0.2) is 0 Å². The second-order valence-electron chi connectivity index (χ2n) is 8.10. The standard InChI is InChI=1S/C28H29ClN2O2/c1-4-23(24-11-8-9-12-25(24)29)28(21-14-15-26-22(17-21)18-30-31-26)20(16-19(2)3)10-6-5-7-13-27(32)33/h6-19H,4-5H2,1-3H3,(H,30,31)(H,32,33)/b10-6-,13-7+,20-16+,28-23+. The van der Waals surface area contributed by atoms with Gasteiger partial charge in [0.1, 0.15) is 0 Å². The third-order valence-corrected chi connectivity index (χ3v) is 5.54. The molecule has 0 saturated carbocycles. The molecule has 0 amide bonds. The van der Waals surface area contributed by atoms with Crippen LogP contribution >= 0.6 is 11.6 Å². The van der Waals surface area contributed by atoms with E-state index in [2.05, 4.69) is 61.3 Å². The number of benzene rings is 2. The molecule has 0 saturated heterocycles. The van der Waals surface area contributed by atoms with E-state index in [9.17, 15) is 4.79 Å². The maximum atomic E-state index is 10.8. The number of carboxylic acid groups (broad SMARTS) is 1. The maximum absolute atomic E-state index is 10.8. The molecule has 4 nitrogen and oxygen atoms in total. The Balaban J connectivity index is 2.23. The number of carboxylic acids is 1. The van der Waals surface area contributed by atoms with E-state index in [-0.39, 0.29) is 0 Å². The minimum absolute atomic E-state index is 0.316. The third-order valence-electron chi connectivity index (χ3n) is 5.21. The number of allylic oxidation sites excluding steroid dienone is 7. The molecule has 0 aliphatic rings. The lowest BCUT2D eigenvalue weighted by molar-refractivity contribution is -0.131. The predicted octanol–water partition coefficient (Wildman–Crippen LogP) is 7.71. The highest BCUT2D eigenvalue weighted by atomic mass is 35.5. The largest absolute Gasteiger partial charge is 0.478 e. The van der Waals surface area contributed by atoms with Crippen molar-refractivity contribution in [1.29, 1.82) is 0 Å². The SMILES string of the molecule is CC/C(=C(C(/C=C\C/C=C/C(=O)O)=C/C(C)C)\c1ccc2[nH]ncc2c1)c1ccccc1Cl. The third kappa shape index (κ3) is 6.33. The van der Waals surface area contributed by atoms with E-state index in [0.717, 1.165) is 45.2 Å². The van der Waals surface area contributed by atoms with Crippen molar-refractivity contribution in [3.63, 3.8) is 0 Å². The zero-order valence-corrected chi connectivity index (χ0v) is 19.9. The average Bonchev–Trinajstić information content (AvgIpc) is 3.24. The number of nitrogens with one attached hydrogen (secondary N) is 1. The summed E-state index contributed by atoms with van der Waals surface area (Å²) < 4.78 is 0. The number of fused-ring (bicyclic) bond motifs is 1. The van der Waals surface area contributed by atoms with E-state index in [1.54, 1.807) is 6.08 Å². The summed E-state index contributed by atoms with van der Waals surface area (Å²) in [6.07, 6.45) is 12.3. The number of hydrogen-bond donors (Lipinski definition) is 2. The Bertz CT molecular complexity index is 1250. The summed E-state index contributed by atoms with van der Waals surface area (Å²) in [7, 11) is 0. The van der Waals surface area contributed by atoms with Crippen LogP contribution in [0.15, 0.2) is 84.6 Å². The molecule has 0 aliphatic carbocycles. The highest BCUT2D eigenvalue weighted by Crippen LogP contribution is 2.38. The zero-order valence-electron chi connectivity index (χ0n) is 19.2. The number of rotatable bonds is 9. The first-order chi connectivity index (χ1) is 15.9. The summed E-state index contributed by atoms with van der Waals surface area (Å²) in [5.41, 5.74) is 6.42. The Morgan fingerprint density at radius 2 is 1.91 bits per heavy atom. The molecule has 0 aliphatic heterocycles. The van der Waals surface area contributed by atoms with Crippen molar-refractivity contribution in [3.8, 4) is 0 Å². The molecule has 2 aromatic carbocycles. The Hall–Kier alpha value is -3.37. The Morgan fingerprint density at radius 3 is 2.61 bits per heavy atom. The highest BCUT2D eigenvalue weighted by Gasteiger charge is 2.16. The molecule has 0 unspecified atom stereocenters. The quantitative estimate of drug-likeness (QED) is 0.195. The molecule has 1 aromatic heterocycles. The normalized spacial score (nSPS) is 13.4. The van der Waals surface area contributed by atoms with Crippen LogP contribution in [0.3, 0.4) is 0 Å². The van der Waals surface area contributed by atoms with E-state index in [1.807, 2.05) is 36.5 Å². The number of aliphatic carboxylic acids is 1. The van der Waals surface area contributed by atoms with Crippen LogP contribution in [0.4, 0.5) is 0 Å². The Morgan fingerprint density at radius 1 is 1.15 bits per heavy atom. The fraction of sp³-hybridized carbons (Fsp3) is 0.214. The molecule has 33 heavy (non-hydrogen) atoms. The van der Waals surface area contributed by atoms with Crippen molar-refractivity contribution < 1.29 is 9.90 Å². The van der Waals surface area contributed by atoms with Gasteiger partial charge < -0.3 is 5.11 Å². The molecule has 0 bridgehead atoms. The van der Waals surface area contributed by atoms with Crippen LogP contribution < -0.4 is 0 Å². The van der Waals surface area contributed by atoms with Gasteiger partial charge in [0.05, 0.1) is 11.7 Å². The molecule has 1 heterocycles. The topological polar surface area (TPSA) is 66.0 Å². The molecule has 2 N–H and O–H groups in total. The fourth-order valence-corrected chi connectivity index (χ4v) is 4.09. The van der Waals surface area contributed by atoms with Crippen LogP contribution in [0.25, 0.3) is 22.0 Å². The molecular weight excluding hydrogens is 432 g/mol. The molecular formula is C28H29ClN2O2. The van der Waals surface area contributed by atoms with Gasteiger partial charge >= 0.3 is 5.97 Å². The first-order valence-electron chi connectivity index (χ1n) is 11.1. The van der Waals surface area contributed by atoms with Crippen LogP contribution in [-0.2, 0) is 4.79 Å². The van der Waals surface area contributed by atoms with Crippen molar-refractivity contribution in [1.82, 2.24) is 10.2 Å². The van der Waals surface area contributed by atoms with Crippen molar-refractivity contribution in [2.24, 2.45) is 5.92 Å². The van der Waals surface area contributed by atoms with E-state index in [1.165, 1.54) is 6.08 Å². The Kier molecular flexibility index (Phi) is 8.45. The maximum Gasteiger partial charge on any atom is 0.327 e. The van der Waals surface area contributed by atoms with Gasteiger partial charge in [-0.3, -0.25) is 5.10 Å². The van der Waals surface area contributed by atoms with E-state index in [4.69, 9.17) is 16.7 Å². The molecule has 5 heteroatoms. The van der Waals surface area contributed by atoms with Crippen molar-refractivity contribution in [2.45, 2.75) is 33.6 Å².